The molecule has 0 spiro atoms. The van der Waals surface area contributed by atoms with Gasteiger partial charge >= 0.3 is 11.6 Å². The van der Waals surface area contributed by atoms with E-state index < -0.39 is 17.5 Å². The van der Waals surface area contributed by atoms with Gasteiger partial charge in [0, 0.05) is 24.1 Å². The van der Waals surface area contributed by atoms with Gasteiger partial charge in [-0.3, -0.25) is 9.59 Å². The number of aryl methyl sites for hydroxylation is 3. The number of aromatic hydroxyl groups is 1. The monoisotopic (exact) mass is 395 g/mol. The molecule has 0 saturated heterocycles. The van der Waals surface area contributed by atoms with Gasteiger partial charge in [0.25, 0.3) is 5.56 Å². The molecule has 0 radical (unpaired) electrons. The first-order valence-corrected chi connectivity index (χ1v) is 9.46. The Morgan fingerprint density at radius 1 is 1.31 bits per heavy atom. The van der Waals surface area contributed by atoms with Crippen molar-refractivity contribution in [1.82, 2.24) is 4.57 Å². The van der Waals surface area contributed by atoms with E-state index >= 15 is 0 Å². The largest absolute Gasteiger partial charge is 0.507 e. The lowest BCUT2D eigenvalue weighted by Gasteiger charge is -2.23. The average Bonchev–Trinajstić information content (AvgIpc) is 2.69. The Balaban J connectivity index is 2.01. The van der Waals surface area contributed by atoms with E-state index in [-0.39, 0.29) is 34.6 Å². The summed E-state index contributed by atoms with van der Waals surface area (Å²) < 4.78 is 11.6. The van der Waals surface area contributed by atoms with Crippen LogP contribution in [0, 0.1) is 6.92 Å². The fraction of sp³-hybridized carbons (Fsp3) is 0.318. The van der Waals surface area contributed by atoms with Crippen molar-refractivity contribution in [2.45, 2.75) is 38.6 Å². The summed E-state index contributed by atoms with van der Waals surface area (Å²) in [6.07, 6.45) is 1.46. The van der Waals surface area contributed by atoms with Crippen molar-refractivity contribution in [3.8, 4) is 5.75 Å². The van der Waals surface area contributed by atoms with Gasteiger partial charge in [0.1, 0.15) is 11.5 Å². The number of rotatable bonds is 4. The van der Waals surface area contributed by atoms with Crippen LogP contribution in [0.5, 0.6) is 5.75 Å². The van der Waals surface area contributed by atoms with Crippen LogP contribution in [-0.2, 0) is 22.5 Å². The molecule has 1 aliphatic rings. The lowest BCUT2D eigenvalue weighted by Crippen LogP contribution is -2.31. The van der Waals surface area contributed by atoms with Crippen molar-refractivity contribution >= 4 is 16.9 Å². The first-order chi connectivity index (χ1) is 13.9. The topological polar surface area (TPSA) is 98.7 Å². The minimum Gasteiger partial charge on any atom is -0.507 e. The third-order valence-corrected chi connectivity index (χ3v) is 5.46. The van der Waals surface area contributed by atoms with Crippen molar-refractivity contribution in [3.05, 3.63) is 73.6 Å². The summed E-state index contributed by atoms with van der Waals surface area (Å²) in [5.41, 5.74) is 1.07. The van der Waals surface area contributed by atoms with Crippen molar-refractivity contribution < 1.29 is 19.1 Å². The number of pyridine rings is 1. The summed E-state index contributed by atoms with van der Waals surface area (Å²) in [4.78, 5) is 38.0. The Labute approximate surface area is 166 Å². The number of benzene rings is 1. The number of carbonyl (C=O) groups is 1. The summed E-state index contributed by atoms with van der Waals surface area (Å²) in [6, 6.07) is 8.84. The van der Waals surface area contributed by atoms with E-state index in [9.17, 15) is 19.5 Å². The van der Waals surface area contributed by atoms with Gasteiger partial charge in [0.05, 0.1) is 24.6 Å². The maximum absolute atomic E-state index is 13.4. The highest BCUT2D eigenvalue weighted by atomic mass is 16.5. The normalized spacial score (nSPS) is 14.0. The maximum atomic E-state index is 13.4. The number of nitrogens with zero attached hydrogens (tertiary/aromatic N) is 1. The summed E-state index contributed by atoms with van der Waals surface area (Å²) in [6.45, 7) is 2.09. The van der Waals surface area contributed by atoms with Gasteiger partial charge in [0.2, 0.25) is 0 Å². The van der Waals surface area contributed by atoms with Gasteiger partial charge < -0.3 is 18.8 Å². The zero-order chi connectivity index (χ0) is 20.7. The van der Waals surface area contributed by atoms with Gasteiger partial charge in [-0.25, -0.2) is 4.79 Å². The Hall–Kier alpha value is -3.35. The van der Waals surface area contributed by atoms with E-state index in [2.05, 4.69) is 0 Å². The van der Waals surface area contributed by atoms with E-state index in [1.54, 1.807) is 10.6 Å². The van der Waals surface area contributed by atoms with Crippen LogP contribution in [0.1, 0.15) is 41.2 Å². The fourth-order valence-electron chi connectivity index (χ4n) is 4.18. The minimum atomic E-state index is -0.981. The first kappa shape index (κ1) is 19.0. The fourth-order valence-corrected chi connectivity index (χ4v) is 4.18. The molecule has 7 nitrogen and oxygen atoms in total. The number of aromatic nitrogens is 1. The molecule has 0 fully saturated rings. The lowest BCUT2D eigenvalue weighted by atomic mass is 9.88. The molecule has 3 aromatic rings. The van der Waals surface area contributed by atoms with Crippen LogP contribution in [0.4, 0.5) is 0 Å². The maximum Gasteiger partial charge on any atom is 0.343 e. The highest BCUT2D eigenvalue weighted by molar-refractivity contribution is 5.84. The van der Waals surface area contributed by atoms with Crippen molar-refractivity contribution in [3.63, 3.8) is 0 Å². The number of methoxy groups -OCH3 is 1. The van der Waals surface area contributed by atoms with E-state index in [0.29, 0.717) is 6.54 Å². The van der Waals surface area contributed by atoms with Gasteiger partial charge in [-0.15, -0.1) is 0 Å². The van der Waals surface area contributed by atoms with Crippen LogP contribution >= 0.6 is 0 Å². The molecule has 0 aliphatic carbocycles. The smallest absolute Gasteiger partial charge is 0.343 e. The third-order valence-electron chi connectivity index (χ3n) is 5.46. The second kappa shape index (κ2) is 7.24. The third kappa shape index (κ3) is 3.22. The molecule has 0 saturated carbocycles. The highest BCUT2D eigenvalue weighted by Crippen LogP contribution is 2.33. The average molecular weight is 395 g/mol. The SMILES string of the molecule is COC(=O)C[C@@H](c1c(O)cc(C)oc1=O)c1cc2cccc3c2n(c1=O)CCC3. The highest BCUT2D eigenvalue weighted by Gasteiger charge is 2.30. The number of ether oxygens (including phenoxy) is 1. The molecule has 1 N–H and O–H groups in total. The molecule has 4 rings (SSSR count). The van der Waals surface area contributed by atoms with Crippen LogP contribution in [0.15, 0.2) is 44.3 Å². The van der Waals surface area contributed by atoms with Gasteiger partial charge in [0.15, 0.2) is 0 Å². The summed E-state index contributed by atoms with van der Waals surface area (Å²) >= 11 is 0. The van der Waals surface area contributed by atoms with E-state index in [1.165, 1.54) is 20.1 Å². The molecule has 0 bridgehead atoms. The lowest BCUT2D eigenvalue weighted by molar-refractivity contribution is -0.140. The standard InChI is InChI=1S/C22H21NO6/c1-12-9-17(24)19(22(27)29-12)15(11-18(25)28-2)16-10-14-6-3-5-13-7-4-8-23(20(13)14)21(16)26/h3,5-6,9-10,15,24H,4,7-8,11H2,1-2H3/t15-/m1/s1. The number of esters is 1. The van der Waals surface area contributed by atoms with Crippen LogP contribution < -0.4 is 11.2 Å². The number of carbonyl (C=O) groups excluding carboxylic acids is 1. The van der Waals surface area contributed by atoms with Gasteiger partial charge in [-0.1, -0.05) is 18.2 Å². The van der Waals surface area contributed by atoms with Crippen molar-refractivity contribution in [1.29, 1.82) is 0 Å². The second-order valence-electron chi connectivity index (χ2n) is 7.29. The predicted molar refractivity (Wildman–Crippen MR) is 106 cm³/mol. The molecule has 1 aromatic carbocycles. The molecule has 0 unspecified atom stereocenters. The van der Waals surface area contributed by atoms with Crippen molar-refractivity contribution in [2.24, 2.45) is 0 Å². The second-order valence-corrected chi connectivity index (χ2v) is 7.29. The number of hydrogen-bond acceptors (Lipinski definition) is 6. The summed E-state index contributed by atoms with van der Waals surface area (Å²) in [5, 5.41) is 11.3. The molecule has 150 valence electrons. The van der Waals surface area contributed by atoms with Crippen LogP contribution in [0.3, 0.4) is 0 Å². The molecule has 7 heteroatoms. The number of para-hydroxylation sites is 1. The predicted octanol–water partition coefficient (Wildman–Crippen LogP) is 2.61. The molecule has 1 aliphatic heterocycles. The minimum absolute atomic E-state index is 0.114. The molecule has 0 amide bonds. The molecular weight excluding hydrogens is 374 g/mol. The molecule has 1 atom stereocenters. The van der Waals surface area contributed by atoms with Crippen LogP contribution in [0.25, 0.3) is 10.9 Å². The van der Waals surface area contributed by atoms with E-state index in [4.69, 9.17) is 9.15 Å². The molecule has 2 aromatic heterocycles. The Kier molecular flexibility index (Phi) is 4.74. The van der Waals surface area contributed by atoms with Crippen LogP contribution in [-0.4, -0.2) is 22.8 Å². The zero-order valence-corrected chi connectivity index (χ0v) is 16.2. The number of hydrogen-bond donors (Lipinski definition) is 1. The first-order valence-electron chi connectivity index (χ1n) is 9.46. The van der Waals surface area contributed by atoms with Crippen LogP contribution in [0.2, 0.25) is 0 Å². The Bertz CT molecular complexity index is 1240. The summed E-state index contributed by atoms with van der Waals surface area (Å²) in [5.74, 6) is -1.64. The zero-order valence-electron chi connectivity index (χ0n) is 16.2. The van der Waals surface area contributed by atoms with E-state index in [0.717, 1.165) is 29.3 Å². The van der Waals surface area contributed by atoms with Gasteiger partial charge in [-0.05, 0) is 36.8 Å². The summed E-state index contributed by atoms with van der Waals surface area (Å²) in [7, 11) is 1.24. The Morgan fingerprint density at radius 3 is 2.83 bits per heavy atom. The molecule has 29 heavy (non-hydrogen) atoms. The quantitative estimate of drug-likeness (QED) is 0.682. The van der Waals surface area contributed by atoms with Gasteiger partial charge in [-0.2, -0.15) is 0 Å². The van der Waals surface area contributed by atoms with E-state index in [1.807, 2.05) is 18.2 Å². The Morgan fingerprint density at radius 2 is 2.10 bits per heavy atom. The van der Waals surface area contributed by atoms with Crippen molar-refractivity contribution in [2.75, 3.05) is 7.11 Å². The molecule has 3 heterocycles. The molecular formula is C22H21NO6.